The number of Topliss-reactive ketones (excluding diaryl/α,β-unsaturated/α-hetero) is 1. The monoisotopic (exact) mass is 740 g/mol. The van der Waals surface area contributed by atoms with Crippen LogP contribution in [0.25, 0.3) is 0 Å². The molecule has 0 aromatic rings. The van der Waals surface area contributed by atoms with Crippen molar-refractivity contribution in [1.29, 1.82) is 0 Å². The molecule has 1 aliphatic heterocycles. The minimum absolute atomic E-state index is 0. The number of carbonyl (C=O) groups excluding carboxylic acids is 1. The number of ketones is 1. The van der Waals surface area contributed by atoms with Crippen molar-refractivity contribution >= 4 is 13.0 Å². The fourth-order valence-electron chi connectivity index (χ4n) is 4.04. The molecule has 39 heavy (non-hydrogen) atoms. The molecule has 1 heterocycles. The second-order valence-corrected chi connectivity index (χ2v) is 9.02. The van der Waals surface area contributed by atoms with E-state index in [2.05, 4.69) is 34.6 Å². The van der Waals surface area contributed by atoms with Crippen molar-refractivity contribution in [3.63, 3.8) is 0 Å². The Hall–Kier alpha value is -0.0957. The second-order valence-electron chi connectivity index (χ2n) is 9.02. The normalized spacial score (nSPS) is 24.7. The van der Waals surface area contributed by atoms with Gasteiger partial charge in [0.2, 0.25) is 0 Å². The van der Waals surface area contributed by atoms with Crippen LogP contribution in [0.3, 0.4) is 0 Å². The number of hydrogen-bond donors (Lipinski definition) is 0. The van der Waals surface area contributed by atoms with Gasteiger partial charge in [0.05, 0.1) is 64.7 Å². The zero-order valence-electron chi connectivity index (χ0n) is 24.0. The van der Waals surface area contributed by atoms with Crippen LogP contribution >= 0.6 is 0 Å². The molecule has 0 unspecified atom stereocenters. The van der Waals surface area contributed by atoms with Gasteiger partial charge < -0.3 is 40.9 Å². The van der Waals surface area contributed by atoms with Crippen molar-refractivity contribution in [1.82, 2.24) is 0 Å². The van der Waals surface area contributed by atoms with E-state index in [1.54, 1.807) is 7.11 Å². The molecule has 3 rings (SSSR count). The summed E-state index contributed by atoms with van der Waals surface area (Å²) in [5, 5.41) is 0. The second kappa shape index (κ2) is 19.2. The van der Waals surface area contributed by atoms with Crippen LogP contribution in [0.5, 0.6) is 0 Å². The molecule has 6 nitrogen and oxygen atoms in total. The van der Waals surface area contributed by atoms with Crippen molar-refractivity contribution in [3.8, 4) is 0 Å². The van der Waals surface area contributed by atoms with Crippen LogP contribution in [0.4, 0.5) is 17.3 Å². The summed E-state index contributed by atoms with van der Waals surface area (Å²) in [5.74, 6) is 10.2. The molecule has 3 fully saturated rings. The molecule has 0 amide bonds. The van der Waals surface area contributed by atoms with Gasteiger partial charge in [-0.2, -0.15) is 0 Å². The van der Waals surface area contributed by atoms with E-state index in [0.29, 0.717) is 51.5 Å². The molecule has 2 aliphatic carbocycles. The number of rotatable bonds is 1. The quantitative estimate of drug-likeness (QED) is 0.264. The fourth-order valence-corrected chi connectivity index (χ4v) is 4.04. The molecule has 2 saturated carbocycles. The molecular weight excluding hydrogens is 699 g/mol. The van der Waals surface area contributed by atoms with Gasteiger partial charge in [-0.05, 0) is 29.6 Å². The van der Waals surface area contributed by atoms with Crippen LogP contribution in [0.2, 0.25) is 0 Å². The molecule has 0 atom stereocenters. The summed E-state index contributed by atoms with van der Waals surface area (Å²) in [6.07, 6.45) is 0.721. The fraction of sp³-hybridized carbons (Fsp3) is 0.593. The predicted molar refractivity (Wildman–Crippen MR) is 138 cm³/mol. The first-order chi connectivity index (χ1) is 17.7. The summed E-state index contributed by atoms with van der Waals surface area (Å²) in [5.41, 5.74) is 0. The van der Waals surface area contributed by atoms with Crippen LogP contribution in [0.1, 0.15) is 48.5 Å². The van der Waals surface area contributed by atoms with E-state index in [9.17, 15) is 22.1 Å². The van der Waals surface area contributed by atoms with E-state index >= 15 is 0 Å². The van der Waals surface area contributed by atoms with E-state index in [-0.39, 0.29) is 39.1 Å². The van der Waals surface area contributed by atoms with Crippen molar-refractivity contribution in [2.45, 2.75) is 48.5 Å². The first-order valence-electron chi connectivity index (χ1n) is 12.5. The van der Waals surface area contributed by atoms with Gasteiger partial charge in [0.15, 0.2) is 5.78 Å². The van der Waals surface area contributed by atoms with Crippen molar-refractivity contribution in [2.75, 3.05) is 60.0 Å². The maximum Gasteiger partial charge on any atom is 3.00 e. The summed E-state index contributed by atoms with van der Waals surface area (Å²) in [7, 11) is -4.39. The van der Waals surface area contributed by atoms with Crippen molar-refractivity contribution in [2.24, 2.45) is 0 Å². The Kier molecular flexibility index (Phi) is 19.1. The maximum atomic E-state index is 12.7. The maximum absolute atomic E-state index is 12.7. The summed E-state index contributed by atoms with van der Waals surface area (Å²) in [6, 6.07) is 0. The summed E-state index contributed by atoms with van der Waals surface area (Å²) < 4.78 is 66.4. The number of hydrogen-bond acceptors (Lipinski definition) is 6. The van der Waals surface area contributed by atoms with Gasteiger partial charge in [0.25, 0.3) is 0 Å². The van der Waals surface area contributed by atoms with Crippen molar-refractivity contribution < 1.29 is 65.8 Å². The largest absolute Gasteiger partial charge is 3.00 e. The SMILES string of the molecule is CO[C]1[C](C)[C]2COCCOCCOCCOC[C]([C]1C)C2=O.C[C]1[C](C)[C](C)[C](C)[C]1C.F[B-](F)(F)F.[Ir+3]. The molecule has 12 heteroatoms. The van der Waals surface area contributed by atoms with Gasteiger partial charge in [-0.15, -0.1) is 0 Å². The van der Waals surface area contributed by atoms with E-state index in [4.69, 9.17) is 23.7 Å². The zero-order valence-corrected chi connectivity index (χ0v) is 26.4. The molecule has 2 bridgehead atoms. The number of fused-ring (bicyclic) bond motifs is 2. The molecular formula is C27H40BF4IrO6+2. The van der Waals surface area contributed by atoms with Gasteiger partial charge >= 0.3 is 27.4 Å². The van der Waals surface area contributed by atoms with Gasteiger partial charge in [0, 0.05) is 18.9 Å². The first-order valence-corrected chi connectivity index (χ1v) is 12.5. The molecule has 10 radical (unpaired) electrons. The Bertz CT molecular complexity index is 596. The zero-order chi connectivity index (χ0) is 29.0. The first kappa shape index (κ1) is 38.9. The standard InChI is InChI=1S/C17H25O6.C10H15.BF4.Ir/c1-12-14-10-22-8-6-20-4-5-21-7-9-23-11-15(16(14)18)13(2)17(12)19-3;1-6-7(2)9(4)10(5)8(6)3;2-1(3,4)5;/h4-11H2,1-3H3;1-5H3;;/q;;-1;+3. The Morgan fingerprint density at radius 2 is 0.821 bits per heavy atom. The number of halogens is 4. The molecule has 0 aromatic heterocycles. The molecule has 0 spiro atoms. The van der Waals surface area contributed by atoms with Gasteiger partial charge in [-0.3, -0.25) is 4.79 Å². The Morgan fingerprint density at radius 1 is 0.564 bits per heavy atom. The molecule has 222 valence electrons. The Balaban J connectivity index is 0.000000746. The van der Waals surface area contributed by atoms with Crippen LogP contribution in [0, 0.1) is 59.4 Å². The van der Waals surface area contributed by atoms with Crippen LogP contribution < -0.4 is 0 Å². The van der Waals surface area contributed by atoms with E-state index < -0.39 is 7.25 Å². The van der Waals surface area contributed by atoms with E-state index in [1.165, 1.54) is 29.6 Å². The van der Waals surface area contributed by atoms with Gasteiger partial charge in [0.1, 0.15) is 6.10 Å². The number of carbonyl (C=O) groups is 1. The number of methoxy groups -OCH3 is 1. The third-order valence-electron chi connectivity index (χ3n) is 6.76. The average molecular weight is 740 g/mol. The summed E-state index contributed by atoms with van der Waals surface area (Å²) in [6.45, 7) is 18.1. The predicted octanol–water partition coefficient (Wildman–Crippen LogP) is 5.43. The molecule has 3 aliphatic rings. The third-order valence-corrected chi connectivity index (χ3v) is 6.76. The minimum Gasteiger partial charge on any atom is -0.418 e. The van der Waals surface area contributed by atoms with E-state index in [1.807, 2.05) is 13.8 Å². The smallest absolute Gasteiger partial charge is 0.418 e. The molecule has 0 aromatic carbocycles. The van der Waals surface area contributed by atoms with Crippen LogP contribution in [-0.2, 0) is 48.6 Å². The Labute approximate surface area is 246 Å². The summed E-state index contributed by atoms with van der Waals surface area (Å²) in [4.78, 5) is 12.7. The third kappa shape index (κ3) is 13.2. The van der Waals surface area contributed by atoms with Crippen LogP contribution in [-0.4, -0.2) is 73.0 Å². The molecule has 0 N–H and O–H groups in total. The Morgan fingerprint density at radius 3 is 1.08 bits per heavy atom. The average Bonchev–Trinajstić information content (AvgIpc) is 3.00. The van der Waals surface area contributed by atoms with Gasteiger partial charge in [-0.1, -0.05) is 48.5 Å². The van der Waals surface area contributed by atoms with E-state index in [0.717, 1.165) is 17.9 Å². The molecule has 1 saturated heterocycles. The van der Waals surface area contributed by atoms with Gasteiger partial charge in [-0.25, -0.2) is 0 Å². The number of ether oxygens (including phenoxy) is 5. The van der Waals surface area contributed by atoms with Crippen LogP contribution in [0.15, 0.2) is 0 Å². The van der Waals surface area contributed by atoms with Crippen molar-refractivity contribution in [3.05, 3.63) is 59.4 Å². The summed E-state index contributed by atoms with van der Waals surface area (Å²) >= 11 is 0. The topological polar surface area (TPSA) is 63.2 Å². The minimum atomic E-state index is -6.00.